The highest BCUT2D eigenvalue weighted by Crippen LogP contribution is 2.32. The zero-order valence-corrected chi connectivity index (χ0v) is 13.3. The maximum absolute atomic E-state index is 12.3. The second kappa shape index (κ2) is 6.47. The van der Waals surface area contributed by atoms with Crippen molar-refractivity contribution in [3.63, 3.8) is 0 Å². The van der Waals surface area contributed by atoms with Crippen molar-refractivity contribution in [2.45, 2.75) is 13.3 Å². The Morgan fingerprint density at radius 2 is 1.90 bits per heavy atom. The molecule has 2 N–H and O–H groups in total. The van der Waals surface area contributed by atoms with Gasteiger partial charge in [0.05, 0.1) is 20.6 Å². The molecule has 7 heteroatoms. The molecular weight excluding hydrogens is 333 g/mol. The van der Waals surface area contributed by atoms with Gasteiger partial charge in [0.15, 0.2) is 0 Å². The van der Waals surface area contributed by atoms with Crippen LogP contribution in [0.1, 0.15) is 32.5 Å². The Balaban J connectivity index is 2.42. The average molecular weight is 344 g/mol. The van der Waals surface area contributed by atoms with Crippen LogP contribution in [0, 0.1) is 0 Å². The van der Waals surface area contributed by atoms with Crippen LogP contribution >= 0.6 is 34.5 Å². The summed E-state index contributed by atoms with van der Waals surface area (Å²) in [5, 5.41) is 13.7. The number of carbonyl (C=O) groups is 2. The Morgan fingerprint density at radius 1 is 1.24 bits per heavy atom. The van der Waals surface area contributed by atoms with E-state index in [4.69, 9.17) is 23.2 Å². The third-order valence-corrected chi connectivity index (χ3v) is 4.48. The first-order valence-corrected chi connectivity index (χ1v) is 7.68. The van der Waals surface area contributed by atoms with E-state index in [2.05, 4.69) is 5.32 Å². The van der Waals surface area contributed by atoms with Gasteiger partial charge in [0.2, 0.25) is 0 Å². The SMILES string of the molecule is CCc1ccsc1C(=O)Nc1c(Cl)ccc(Cl)c1C(=O)O. The van der Waals surface area contributed by atoms with E-state index in [-0.39, 0.29) is 21.3 Å². The highest BCUT2D eigenvalue weighted by Gasteiger charge is 2.21. The van der Waals surface area contributed by atoms with E-state index < -0.39 is 11.9 Å². The molecule has 0 aliphatic carbocycles. The van der Waals surface area contributed by atoms with Crippen LogP contribution in [0.2, 0.25) is 10.0 Å². The predicted molar refractivity (Wildman–Crippen MR) is 85.1 cm³/mol. The summed E-state index contributed by atoms with van der Waals surface area (Å²) in [6, 6.07) is 4.68. The second-order valence-electron chi connectivity index (χ2n) is 4.17. The first-order valence-electron chi connectivity index (χ1n) is 6.04. The van der Waals surface area contributed by atoms with Gasteiger partial charge < -0.3 is 10.4 Å². The molecule has 0 saturated heterocycles. The Bertz CT molecular complexity index is 712. The minimum Gasteiger partial charge on any atom is -0.478 e. The number of nitrogens with one attached hydrogen (secondary N) is 1. The van der Waals surface area contributed by atoms with Crippen LogP contribution in [0.15, 0.2) is 23.6 Å². The van der Waals surface area contributed by atoms with Crippen molar-refractivity contribution >= 4 is 52.1 Å². The number of anilines is 1. The lowest BCUT2D eigenvalue weighted by atomic mass is 10.1. The summed E-state index contributed by atoms with van der Waals surface area (Å²) >= 11 is 13.2. The number of carboxylic acids is 1. The number of benzene rings is 1. The van der Waals surface area contributed by atoms with Gasteiger partial charge in [0.1, 0.15) is 5.56 Å². The fourth-order valence-electron chi connectivity index (χ4n) is 1.87. The van der Waals surface area contributed by atoms with Crippen LogP contribution in [0.4, 0.5) is 5.69 Å². The van der Waals surface area contributed by atoms with Crippen LogP contribution in [0.5, 0.6) is 0 Å². The monoisotopic (exact) mass is 343 g/mol. The van der Waals surface area contributed by atoms with E-state index in [1.54, 1.807) is 0 Å². The van der Waals surface area contributed by atoms with E-state index in [9.17, 15) is 14.7 Å². The second-order valence-corrected chi connectivity index (χ2v) is 5.90. The highest BCUT2D eigenvalue weighted by atomic mass is 35.5. The lowest BCUT2D eigenvalue weighted by Crippen LogP contribution is -2.15. The molecule has 0 aliphatic heterocycles. The molecule has 2 rings (SSSR count). The largest absolute Gasteiger partial charge is 0.478 e. The molecule has 1 aromatic heterocycles. The van der Waals surface area contributed by atoms with Crippen LogP contribution in [0.3, 0.4) is 0 Å². The number of aryl methyl sites for hydroxylation is 1. The molecule has 2 aromatic rings. The van der Waals surface area contributed by atoms with Crippen LogP contribution in [0.25, 0.3) is 0 Å². The number of rotatable bonds is 4. The molecule has 0 fully saturated rings. The van der Waals surface area contributed by atoms with Crippen LogP contribution < -0.4 is 5.32 Å². The molecule has 0 spiro atoms. The molecule has 1 amide bonds. The number of aromatic carboxylic acids is 1. The molecule has 0 atom stereocenters. The van der Waals surface area contributed by atoms with Gasteiger partial charge in [-0.2, -0.15) is 0 Å². The van der Waals surface area contributed by atoms with E-state index >= 15 is 0 Å². The summed E-state index contributed by atoms with van der Waals surface area (Å²) in [6.07, 6.45) is 0.710. The van der Waals surface area contributed by atoms with E-state index in [0.29, 0.717) is 11.3 Å². The standard InChI is InChI=1S/C14H11Cl2NO3S/c1-2-7-5-6-21-12(7)13(18)17-11-9(16)4-3-8(15)10(11)14(19)20/h3-6H,2H2,1H3,(H,17,18)(H,19,20). The molecule has 110 valence electrons. The zero-order valence-electron chi connectivity index (χ0n) is 10.9. The smallest absolute Gasteiger partial charge is 0.339 e. The minimum absolute atomic E-state index is 0.0112. The Labute approximate surface area is 135 Å². The van der Waals surface area contributed by atoms with Crippen molar-refractivity contribution in [1.82, 2.24) is 0 Å². The van der Waals surface area contributed by atoms with Gasteiger partial charge in [0, 0.05) is 0 Å². The van der Waals surface area contributed by atoms with Crippen molar-refractivity contribution in [3.05, 3.63) is 49.6 Å². The van der Waals surface area contributed by atoms with Gasteiger partial charge in [-0.25, -0.2) is 4.79 Å². The molecule has 21 heavy (non-hydrogen) atoms. The number of halogens is 2. The maximum Gasteiger partial charge on any atom is 0.339 e. The van der Waals surface area contributed by atoms with Gasteiger partial charge in [0.25, 0.3) is 5.91 Å². The third kappa shape index (κ3) is 3.20. The van der Waals surface area contributed by atoms with Crippen molar-refractivity contribution in [3.8, 4) is 0 Å². The maximum atomic E-state index is 12.3. The number of carbonyl (C=O) groups excluding carboxylic acids is 1. The van der Waals surface area contributed by atoms with Crippen molar-refractivity contribution in [2.75, 3.05) is 5.32 Å². The number of hydrogen-bond donors (Lipinski definition) is 2. The fourth-order valence-corrected chi connectivity index (χ4v) is 3.20. The molecule has 0 radical (unpaired) electrons. The van der Waals surface area contributed by atoms with Gasteiger partial charge in [-0.15, -0.1) is 11.3 Å². The summed E-state index contributed by atoms with van der Waals surface area (Å²) in [5.74, 6) is -1.65. The zero-order chi connectivity index (χ0) is 15.6. The lowest BCUT2D eigenvalue weighted by molar-refractivity contribution is 0.0698. The number of thiophene rings is 1. The van der Waals surface area contributed by atoms with E-state index in [1.165, 1.54) is 23.5 Å². The van der Waals surface area contributed by atoms with Crippen LogP contribution in [-0.4, -0.2) is 17.0 Å². The summed E-state index contributed by atoms with van der Waals surface area (Å²) in [7, 11) is 0. The Hall–Kier alpha value is -1.56. The van der Waals surface area contributed by atoms with Crippen LogP contribution in [-0.2, 0) is 6.42 Å². The average Bonchev–Trinajstić information content (AvgIpc) is 2.90. The number of carboxylic acid groups (broad SMARTS) is 1. The molecule has 0 aliphatic rings. The van der Waals surface area contributed by atoms with Gasteiger partial charge >= 0.3 is 5.97 Å². The summed E-state index contributed by atoms with van der Waals surface area (Å²) < 4.78 is 0. The molecule has 1 aromatic carbocycles. The van der Waals surface area contributed by atoms with E-state index in [1.807, 2.05) is 18.4 Å². The molecular formula is C14H11Cl2NO3S. The fraction of sp³-hybridized carbons (Fsp3) is 0.143. The Kier molecular flexibility index (Phi) is 4.88. The van der Waals surface area contributed by atoms with Crippen molar-refractivity contribution in [1.29, 1.82) is 0 Å². The number of hydrogen-bond acceptors (Lipinski definition) is 3. The van der Waals surface area contributed by atoms with Crippen molar-refractivity contribution in [2.24, 2.45) is 0 Å². The normalized spacial score (nSPS) is 10.4. The first-order chi connectivity index (χ1) is 9.95. The Morgan fingerprint density at radius 3 is 2.52 bits per heavy atom. The topological polar surface area (TPSA) is 66.4 Å². The van der Waals surface area contributed by atoms with Gasteiger partial charge in [-0.3, -0.25) is 4.79 Å². The molecule has 1 heterocycles. The van der Waals surface area contributed by atoms with E-state index in [0.717, 1.165) is 5.56 Å². The van der Waals surface area contributed by atoms with Crippen molar-refractivity contribution < 1.29 is 14.7 Å². The molecule has 4 nitrogen and oxygen atoms in total. The van der Waals surface area contributed by atoms with Gasteiger partial charge in [-0.05, 0) is 35.6 Å². The predicted octanol–water partition coefficient (Wildman–Crippen LogP) is 4.57. The molecule has 0 unspecified atom stereocenters. The minimum atomic E-state index is -1.25. The molecule has 0 bridgehead atoms. The summed E-state index contributed by atoms with van der Waals surface area (Å²) in [5.41, 5.74) is 0.691. The number of amides is 1. The third-order valence-electron chi connectivity index (χ3n) is 2.89. The molecule has 0 saturated carbocycles. The summed E-state index contributed by atoms with van der Waals surface area (Å²) in [6.45, 7) is 1.94. The lowest BCUT2D eigenvalue weighted by Gasteiger charge is -2.11. The van der Waals surface area contributed by atoms with Gasteiger partial charge in [-0.1, -0.05) is 30.1 Å². The summed E-state index contributed by atoms with van der Waals surface area (Å²) in [4.78, 5) is 24.1. The quantitative estimate of drug-likeness (QED) is 0.854. The first kappa shape index (κ1) is 15.8. The highest BCUT2D eigenvalue weighted by molar-refractivity contribution is 7.12.